The Morgan fingerprint density at radius 1 is 0.808 bits per heavy atom. The summed E-state index contributed by atoms with van der Waals surface area (Å²) in [6, 6.07) is 17.5. The number of benzene rings is 1. The molecule has 4 rings (SSSR count). The number of piperazine rings is 1. The molecule has 130 valence electrons. The van der Waals surface area contributed by atoms with Gasteiger partial charge < -0.3 is 9.80 Å². The molecule has 3 heterocycles. The highest BCUT2D eigenvalue weighted by Crippen LogP contribution is 2.19. The van der Waals surface area contributed by atoms with E-state index in [4.69, 9.17) is 0 Å². The van der Waals surface area contributed by atoms with E-state index in [2.05, 4.69) is 20.1 Å². The minimum Gasteiger partial charge on any atom is -0.352 e. The van der Waals surface area contributed by atoms with Gasteiger partial charge in [0.25, 0.3) is 5.91 Å². The second-order valence-corrected chi connectivity index (χ2v) is 6.16. The summed E-state index contributed by atoms with van der Waals surface area (Å²) in [6.45, 7) is 2.83. The van der Waals surface area contributed by atoms with Crippen molar-refractivity contribution < 1.29 is 4.79 Å². The summed E-state index contributed by atoms with van der Waals surface area (Å²) in [7, 11) is 0. The molecule has 1 fully saturated rings. The third-order valence-corrected chi connectivity index (χ3v) is 4.54. The van der Waals surface area contributed by atoms with Crippen molar-refractivity contribution in [2.45, 2.75) is 0 Å². The number of pyridine rings is 1. The molecule has 3 aromatic rings. The van der Waals surface area contributed by atoms with Gasteiger partial charge in [0, 0.05) is 49.7 Å². The molecule has 1 amide bonds. The molecule has 2 aromatic heterocycles. The van der Waals surface area contributed by atoms with E-state index in [1.54, 1.807) is 24.5 Å². The summed E-state index contributed by atoms with van der Waals surface area (Å²) < 4.78 is 0. The zero-order chi connectivity index (χ0) is 17.8. The van der Waals surface area contributed by atoms with Crippen molar-refractivity contribution in [2.24, 2.45) is 0 Å². The third kappa shape index (κ3) is 3.39. The molecule has 1 aromatic carbocycles. The minimum atomic E-state index is 0.0533. The Balaban J connectivity index is 1.40. The Hall–Kier alpha value is -3.28. The Labute approximate surface area is 152 Å². The maximum absolute atomic E-state index is 12.5. The van der Waals surface area contributed by atoms with Crippen molar-refractivity contribution in [3.8, 4) is 11.3 Å². The SMILES string of the molecule is O=C(c1ccncc1)N1CCN(c2ccc(-c3ccccc3)nn2)CC1. The second-order valence-electron chi connectivity index (χ2n) is 6.16. The molecule has 1 aliphatic heterocycles. The lowest BCUT2D eigenvalue weighted by molar-refractivity contribution is 0.0746. The van der Waals surface area contributed by atoms with Gasteiger partial charge >= 0.3 is 0 Å². The van der Waals surface area contributed by atoms with E-state index in [0.29, 0.717) is 18.7 Å². The summed E-state index contributed by atoms with van der Waals surface area (Å²) in [5.41, 5.74) is 2.60. The largest absolute Gasteiger partial charge is 0.352 e. The number of hydrogen-bond donors (Lipinski definition) is 0. The summed E-state index contributed by atoms with van der Waals surface area (Å²) in [5, 5.41) is 8.72. The molecule has 0 bridgehead atoms. The number of hydrogen-bond acceptors (Lipinski definition) is 5. The van der Waals surface area contributed by atoms with E-state index >= 15 is 0 Å². The van der Waals surface area contributed by atoms with E-state index < -0.39 is 0 Å². The predicted molar refractivity (Wildman–Crippen MR) is 99.8 cm³/mol. The number of nitrogens with zero attached hydrogens (tertiary/aromatic N) is 5. The Morgan fingerprint density at radius 2 is 1.54 bits per heavy atom. The Morgan fingerprint density at radius 3 is 2.19 bits per heavy atom. The zero-order valence-electron chi connectivity index (χ0n) is 14.3. The number of aromatic nitrogens is 3. The van der Waals surface area contributed by atoms with Crippen molar-refractivity contribution in [1.82, 2.24) is 20.1 Å². The molecular formula is C20H19N5O. The normalized spacial score (nSPS) is 14.3. The van der Waals surface area contributed by atoms with Crippen molar-refractivity contribution >= 4 is 11.7 Å². The lowest BCUT2D eigenvalue weighted by Gasteiger charge is -2.35. The summed E-state index contributed by atoms with van der Waals surface area (Å²) >= 11 is 0. The Kier molecular flexibility index (Phi) is 4.55. The lowest BCUT2D eigenvalue weighted by Crippen LogP contribution is -2.49. The van der Waals surface area contributed by atoms with Crippen LogP contribution in [0.5, 0.6) is 0 Å². The van der Waals surface area contributed by atoms with Crippen molar-refractivity contribution in [3.63, 3.8) is 0 Å². The van der Waals surface area contributed by atoms with Gasteiger partial charge in [-0.3, -0.25) is 9.78 Å². The molecule has 1 saturated heterocycles. The summed E-state index contributed by atoms with van der Waals surface area (Å²) in [4.78, 5) is 20.5. The maximum atomic E-state index is 12.5. The van der Waals surface area contributed by atoms with Gasteiger partial charge in [-0.25, -0.2) is 0 Å². The lowest BCUT2D eigenvalue weighted by atomic mass is 10.1. The van der Waals surface area contributed by atoms with Gasteiger partial charge in [-0.15, -0.1) is 10.2 Å². The topological polar surface area (TPSA) is 62.2 Å². The smallest absolute Gasteiger partial charge is 0.254 e. The first-order valence-corrected chi connectivity index (χ1v) is 8.65. The first-order chi connectivity index (χ1) is 12.8. The van der Waals surface area contributed by atoms with Crippen LogP contribution in [0.3, 0.4) is 0 Å². The molecule has 26 heavy (non-hydrogen) atoms. The first kappa shape index (κ1) is 16.2. The van der Waals surface area contributed by atoms with Crippen LogP contribution in [0.15, 0.2) is 67.0 Å². The standard InChI is InChI=1S/C20H19N5O/c26-20(17-8-10-21-11-9-17)25-14-12-24(13-15-25)19-7-6-18(22-23-19)16-4-2-1-3-5-16/h1-11H,12-15H2. The van der Waals surface area contributed by atoms with E-state index in [1.807, 2.05) is 47.4 Å². The fourth-order valence-electron chi connectivity index (χ4n) is 3.07. The van der Waals surface area contributed by atoms with Crippen LogP contribution in [0.4, 0.5) is 5.82 Å². The van der Waals surface area contributed by atoms with Gasteiger partial charge in [0.2, 0.25) is 0 Å². The molecular weight excluding hydrogens is 326 g/mol. The van der Waals surface area contributed by atoms with Crippen LogP contribution in [-0.2, 0) is 0 Å². The van der Waals surface area contributed by atoms with E-state index in [-0.39, 0.29) is 5.91 Å². The van der Waals surface area contributed by atoms with Crippen LogP contribution in [0.1, 0.15) is 10.4 Å². The fraction of sp³-hybridized carbons (Fsp3) is 0.200. The van der Waals surface area contributed by atoms with Gasteiger partial charge in [0.05, 0.1) is 5.69 Å². The van der Waals surface area contributed by atoms with Crippen molar-refractivity contribution in [3.05, 3.63) is 72.6 Å². The van der Waals surface area contributed by atoms with E-state index in [1.165, 1.54) is 0 Å². The molecule has 0 N–H and O–H groups in total. The highest BCUT2D eigenvalue weighted by molar-refractivity contribution is 5.94. The van der Waals surface area contributed by atoms with Crippen LogP contribution >= 0.6 is 0 Å². The van der Waals surface area contributed by atoms with E-state index in [9.17, 15) is 4.79 Å². The molecule has 0 saturated carbocycles. The van der Waals surface area contributed by atoms with Crippen molar-refractivity contribution in [2.75, 3.05) is 31.1 Å². The van der Waals surface area contributed by atoms with Crippen LogP contribution < -0.4 is 4.90 Å². The molecule has 6 nitrogen and oxygen atoms in total. The average molecular weight is 345 g/mol. The molecule has 1 aliphatic rings. The fourth-order valence-corrected chi connectivity index (χ4v) is 3.07. The van der Waals surface area contributed by atoms with Gasteiger partial charge in [-0.1, -0.05) is 30.3 Å². The monoisotopic (exact) mass is 345 g/mol. The highest BCUT2D eigenvalue weighted by atomic mass is 16.2. The van der Waals surface area contributed by atoms with Crippen LogP contribution in [-0.4, -0.2) is 52.2 Å². The highest BCUT2D eigenvalue weighted by Gasteiger charge is 2.23. The number of amides is 1. The molecule has 0 unspecified atom stereocenters. The Bertz CT molecular complexity index is 860. The van der Waals surface area contributed by atoms with Crippen LogP contribution in [0, 0.1) is 0 Å². The minimum absolute atomic E-state index is 0.0533. The maximum Gasteiger partial charge on any atom is 0.254 e. The zero-order valence-corrected chi connectivity index (χ0v) is 14.3. The number of rotatable bonds is 3. The number of carbonyl (C=O) groups excluding carboxylic acids is 1. The summed E-state index contributed by atoms with van der Waals surface area (Å²) in [6.07, 6.45) is 3.29. The number of carbonyl (C=O) groups is 1. The average Bonchev–Trinajstić information content (AvgIpc) is 2.75. The van der Waals surface area contributed by atoms with Crippen molar-refractivity contribution in [1.29, 1.82) is 0 Å². The molecule has 0 radical (unpaired) electrons. The first-order valence-electron chi connectivity index (χ1n) is 8.65. The number of anilines is 1. The summed E-state index contributed by atoms with van der Waals surface area (Å²) in [5.74, 6) is 0.901. The predicted octanol–water partition coefficient (Wildman–Crippen LogP) is 2.50. The van der Waals surface area contributed by atoms with E-state index in [0.717, 1.165) is 30.2 Å². The molecule has 0 aliphatic carbocycles. The second kappa shape index (κ2) is 7.31. The van der Waals surface area contributed by atoms with Gasteiger partial charge in [0.15, 0.2) is 5.82 Å². The third-order valence-electron chi connectivity index (χ3n) is 4.54. The van der Waals surface area contributed by atoms with Crippen LogP contribution in [0.2, 0.25) is 0 Å². The van der Waals surface area contributed by atoms with Gasteiger partial charge in [-0.05, 0) is 24.3 Å². The van der Waals surface area contributed by atoms with Crippen LogP contribution in [0.25, 0.3) is 11.3 Å². The molecule has 6 heteroatoms. The molecule has 0 spiro atoms. The van der Waals surface area contributed by atoms with Gasteiger partial charge in [0.1, 0.15) is 0 Å². The van der Waals surface area contributed by atoms with Gasteiger partial charge in [-0.2, -0.15) is 0 Å². The molecule has 0 atom stereocenters. The quantitative estimate of drug-likeness (QED) is 0.730.